The van der Waals surface area contributed by atoms with Crippen LogP contribution in [0.5, 0.6) is 0 Å². The molecule has 0 fully saturated rings. The Kier molecular flexibility index (Phi) is 8.04. The number of anilines is 3. The molecule has 2 aromatic heterocycles. The lowest BCUT2D eigenvalue weighted by atomic mass is 9.93. The van der Waals surface area contributed by atoms with Crippen LogP contribution in [0.4, 0.5) is 17.1 Å². The van der Waals surface area contributed by atoms with E-state index in [1.54, 1.807) is 0 Å². The van der Waals surface area contributed by atoms with Gasteiger partial charge in [0.05, 0.1) is 11.0 Å². The Morgan fingerprint density at radius 2 is 0.877 bits per heavy atom. The van der Waals surface area contributed by atoms with Crippen molar-refractivity contribution < 1.29 is 0 Å². The van der Waals surface area contributed by atoms with Crippen molar-refractivity contribution in [3.63, 3.8) is 0 Å². The first-order valence-corrected chi connectivity index (χ1v) is 20.2. The summed E-state index contributed by atoms with van der Waals surface area (Å²) in [7, 11) is 0. The van der Waals surface area contributed by atoms with Gasteiger partial charge in [0.15, 0.2) is 0 Å². The molecule has 11 rings (SSSR count). The summed E-state index contributed by atoms with van der Waals surface area (Å²) in [6, 6.07) is 79.3. The lowest BCUT2D eigenvalue weighted by Crippen LogP contribution is -2.09. The van der Waals surface area contributed by atoms with Gasteiger partial charge in [-0.1, -0.05) is 146 Å². The normalized spacial score (nSPS) is 11.5. The third-order valence-electron chi connectivity index (χ3n) is 11.2. The third kappa shape index (κ3) is 5.80. The second-order valence-corrected chi connectivity index (χ2v) is 15.6. The minimum Gasteiger partial charge on any atom is -0.310 e. The van der Waals surface area contributed by atoms with Crippen LogP contribution in [0.25, 0.3) is 81.0 Å². The second-order valence-electron chi connectivity index (χ2n) is 14.5. The highest BCUT2D eigenvalue weighted by atomic mass is 32.1. The predicted molar refractivity (Wildman–Crippen MR) is 245 cm³/mol. The SMILES string of the molecule is c1ccc(-c2ccc(N(c3ccccc3)c3cccc(-c4ccccc4-c4ccc5c(c4)c4ccccc4n5-c4ccc5c(c4)sc4ccccc45)c3)cc2)cc1. The van der Waals surface area contributed by atoms with Crippen molar-refractivity contribution >= 4 is 70.4 Å². The average molecular weight is 745 g/mol. The van der Waals surface area contributed by atoms with Crippen LogP contribution in [-0.2, 0) is 0 Å². The van der Waals surface area contributed by atoms with Crippen molar-refractivity contribution in [2.45, 2.75) is 0 Å². The minimum atomic E-state index is 1.11. The monoisotopic (exact) mass is 744 g/mol. The summed E-state index contributed by atoms with van der Waals surface area (Å²) in [4.78, 5) is 2.35. The van der Waals surface area contributed by atoms with Gasteiger partial charge >= 0.3 is 0 Å². The van der Waals surface area contributed by atoms with Crippen LogP contribution in [0, 0.1) is 0 Å². The highest BCUT2D eigenvalue weighted by molar-refractivity contribution is 7.25. The molecule has 0 spiro atoms. The quantitative estimate of drug-likeness (QED) is 0.158. The fourth-order valence-corrected chi connectivity index (χ4v) is 9.67. The number of benzene rings is 9. The number of rotatable bonds is 7. The van der Waals surface area contributed by atoms with E-state index in [9.17, 15) is 0 Å². The Hall–Kier alpha value is -7.20. The summed E-state index contributed by atoms with van der Waals surface area (Å²) >= 11 is 1.87. The summed E-state index contributed by atoms with van der Waals surface area (Å²) < 4.78 is 5.06. The van der Waals surface area contributed by atoms with Gasteiger partial charge in [0.2, 0.25) is 0 Å². The number of aromatic nitrogens is 1. The van der Waals surface area contributed by atoms with Gasteiger partial charge in [-0.15, -0.1) is 11.3 Å². The van der Waals surface area contributed by atoms with Crippen molar-refractivity contribution in [1.82, 2.24) is 4.57 Å². The predicted octanol–water partition coefficient (Wildman–Crippen LogP) is 15.6. The van der Waals surface area contributed by atoms with Crippen molar-refractivity contribution in [3.05, 3.63) is 218 Å². The molecule has 3 heteroatoms. The van der Waals surface area contributed by atoms with E-state index in [2.05, 4.69) is 228 Å². The summed E-state index contributed by atoms with van der Waals surface area (Å²) in [5.74, 6) is 0. The van der Waals surface area contributed by atoms with E-state index in [-0.39, 0.29) is 0 Å². The zero-order valence-electron chi connectivity index (χ0n) is 31.1. The van der Waals surface area contributed by atoms with E-state index < -0.39 is 0 Å². The van der Waals surface area contributed by atoms with Gasteiger partial charge in [-0.25, -0.2) is 0 Å². The van der Waals surface area contributed by atoms with Crippen molar-refractivity contribution in [2.75, 3.05) is 4.90 Å². The highest BCUT2D eigenvalue weighted by Crippen LogP contribution is 2.42. The zero-order valence-corrected chi connectivity index (χ0v) is 31.9. The zero-order chi connectivity index (χ0) is 37.7. The smallest absolute Gasteiger partial charge is 0.0541 e. The molecular formula is C54H36N2S. The molecule has 0 aliphatic carbocycles. The average Bonchev–Trinajstić information content (AvgIpc) is 3.82. The van der Waals surface area contributed by atoms with E-state index in [0.717, 1.165) is 17.1 Å². The Morgan fingerprint density at radius 3 is 1.68 bits per heavy atom. The number of fused-ring (bicyclic) bond motifs is 6. The summed E-state index contributed by atoms with van der Waals surface area (Å²) in [5, 5.41) is 5.14. The Balaban J connectivity index is 1.01. The first-order chi connectivity index (χ1) is 28.3. The van der Waals surface area contributed by atoms with Crippen molar-refractivity contribution in [1.29, 1.82) is 0 Å². The van der Waals surface area contributed by atoms with Gasteiger partial charge in [-0.2, -0.15) is 0 Å². The fraction of sp³-hybridized carbons (Fsp3) is 0. The van der Waals surface area contributed by atoms with Gasteiger partial charge in [0.25, 0.3) is 0 Å². The number of hydrogen-bond donors (Lipinski definition) is 0. The molecule has 0 bridgehead atoms. The minimum absolute atomic E-state index is 1.11. The lowest BCUT2D eigenvalue weighted by Gasteiger charge is -2.26. The maximum Gasteiger partial charge on any atom is 0.0541 e. The van der Waals surface area contributed by atoms with Gasteiger partial charge in [-0.05, 0) is 106 Å². The van der Waals surface area contributed by atoms with E-state index in [4.69, 9.17) is 0 Å². The molecule has 268 valence electrons. The van der Waals surface area contributed by atoms with Crippen LogP contribution in [0.3, 0.4) is 0 Å². The van der Waals surface area contributed by atoms with E-state index >= 15 is 0 Å². The number of thiophene rings is 1. The largest absolute Gasteiger partial charge is 0.310 e. The maximum absolute atomic E-state index is 2.43. The fourth-order valence-electron chi connectivity index (χ4n) is 8.53. The molecule has 0 amide bonds. The van der Waals surface area contributed by atoms with E-state index in [0.29, 0.717) is 0 Å². The molecule has 0 atom stereocenters. The van der Waals surface area contributed by atoms with Gasteiger partial charge in [0, 0.05) is 53.7 Å². The van der Waals surface area contributed by atoms with E-state index in [1.165, 1.54) is 81.0 Å². The number of hydrogen-bond acceptors (Lipinski definition) is 2. The topological polar surface area (TPSA) is 8.17 Å². The molecule has 0 saturated heterocycles. The highest BCUT2D eigenvalue weighted by Gasteiger charge is 2.18. The summed E-state index contributed by atoms with van der Waals surface area (Å²) in [5.41, 5.74) is 14.1. The van der Waals surface area contributed by atoms with Crippen LogP contribution in [0.15, 0.2) is 218 Å². The molecular weight excluding hydrogens is 709 g/mol. The Labute approximate surface area is 335 Å². The van der Waals surface area contributed by atoms with Crippen LogP contribution in [0.2, 0.25) is 0 Å². The second kappa shape index (κ2) is 13.8. The van der Waals surface area contributed by atoms with Crippen LogP contribution >= 0.6 is 11.3 Å². The molecule has 11 aromatic rings. The Morgan fingerprint density at radius 1 is 0.316 bits per heavy atom. The summed E-state index contributed by atoms with van der Waals surface area (Å²) in [6.07, 6.45) is 0. The first-order valence-electron chi connectivity index (χ1n) is 19.4. The molecule has 0 radical (unpaired) electrons. The van der Waals surface area contributed by atoms with E-state index in [1.807, 2.05) is 11.3 Å². The van der Waals surface area contributed by atoms with Crippen LogP contribution < -0.4 is 4.90 Å². The molecule has 0 aliphatic heterocycles. The van der Waals surface area contributed by atoms with Crippen molar-refractivity contribution in [2.24, 2.45) is 0 Å². The molecule has 0 saturated carbocycles. The Bertz CT molecular complexity index is 3230. The van der Waals surface area contributed by atoms with Gasteiger partial charge < -0.3 is 9.47 Å². The third-order valence-corrected chi connectivity index (χ3v) is 12.3. The molecule has 0 N–H and O–H groups in total. The maximum atomic E-state index is 2.43. The molecule has 9 aromatic carbocycles. The standard InChI is InChI=1S/C54H36N2S/c1-3-14-37(15-4-1)38-26-29-42(30-27-38)55(41-17-5-2-6-18-41)43-19-13-16-39(34-43)45-20-7-8-21-46(45)40-28-33-52-50(35-40)47-22-9-11-24-51(47)56(52)44-31-32-49-48-23-10-12-25-53(48)57-54(49)36-44/h1-36H. The molecule has 0 aliphatic rings. The first kappa shape index (κ1) is 33.2. The van der Waals surface area contributed by atoms with Crippen LogP contribution in [0.1, 0.15) is 0 Å². The molecule has 57 heavy (non-hydrogen) atoms. The van der Waals surface area contributed by atoms with Gasteiger partial charge in [0.1, 0.15) is 0 Å². The molecule has 2 nitrogen and oxygen atoms in total. The number of nitrogens with zero attached hydrogens (tertiary/aromatic N) is 2. The van der Waals surface area contributed by atoms with Gasteiger partial charge in [-0.3, -0.25) is 0 Å². The molecule has 2 heterocycles. The lowest BCUT2D eigenvalue weighted by molar-refractivity contribution is 1.19. The van der Waals surface area contributed by atoms with Crippen LogP contribution in [-0.4, -0.2) is 4.57 Å². The summed E-state index contributed by atoms with van der Waals surface area (Å²) in [6.45, 7) is 0. The molecule has 0 unspecified atom stereocenters. The van der Waals surface area contributed by atoms with Crippen molar-refractivity contribution in [3.8, 4) is 39.1 Å². The number of para-hydroxylation sites is 2.